The fourth-order valence-corrected chi connectivity index (χ4v) is 2.62. The van der Waals surface area contributed by atoms with Crippen molar-refractivity contribution in [2.75, 3.05) is 14.2 Å². The van der Waals surface area contributed by atoms with Gasteiger partial charge < -0.3 is 14.6 Å². The Bertz CT molecular complexity index is 603. The van der Waals surface area contributed by atoms with Gasteiger partial charge in [-0.05, 0) is 48.7 Å². The van der Waals surface area contributed by atoms with Gasteiger partial charge in [-0.25, -0.2) is 0 Å². The highest BCUT2D eigenvalue weighted by Gasteiger charge is 2.17. The summed E-state index contributed by atoms with van der Waals surface area (Å²) in [5.74, 6) is 1.56. The van der Waals surface area contributed by atoms with Crippen LogP contribution in [0.4, 0.5) is 0 Å². The quantitative estimate of drug-likeness (QED) is 0.912. The molecule has 0 aromatic heterocycles. The lowest BCUT2D eigenvalue weighted by Gasteiger charge is -2.18. The van der Waals surface area contributed by atoms with E-state index in [1.807, 2.05) is 44.2 Å². The SMILES string of the molecule is COc1ccc(CC(O)c2c(C)cc(C)cc2OC)cc1. The lowest BCUT2D eigenvalue weighted by molar-refractivity contribution is 0.173. The minimum atomic E-state index is -0.589. The molecule has 0 amide bonds. The van der Waals surface area contributed by atoms with E-state index in [9.17, 15) is 5.11 Å². The normalized spacial score (nSPS) is 12.0. The molecule has 0 aliphatic rings. The first-order valence-electron chi connectivity index (χ1n) is 7.01. The number of hydrogen-bond donors (Lipinski definition) is 1. The lowest BCUT2D eigenvalue weighted by Crippen LogP contribution is -2.07. The van der Waals surface area contributed by atoms with Gasteiger partial charge in [-0.1, -0.05) is 18.2 Å². The van der Waals surface area contributed by atoms with Gasteiger partial charge in [0.2, 0.25) is 0 Å². The summed E-state index contributed by atoms with van der Waals surface area (Å²) in [7, 11) is 3.28. The van der Waals surface area contributed by atoms with Crippen LogP contribution in [0.15, 0.2) is 36.4 Å². The zero-order chi connectivity index (χ0) is 15.4. The largest absolute Gasteiger partial charge is 0.497 e. The number of hydrogen-bond acceptors (Lipinski definition) is 3. The van der Waals surface area contributed by atoms with Gasteiger partial charge in [0, 0.05) is 12.0 Å². The monoisotopic (exact) mass is 286 g/mol. The molecule has 0 fully saturated rings. The van der Waals surface area contributed by atoms with E-state index < -0.39 is 6.10 Å². The van der Waals surface area contributed by atoms with Gasteiger partial charge in [0.15, 0.2) is 0 Å². The molecule has 0 spiro atoms. The molecule has 0 aliphatic carbocycles. The van der Waals surface area contributed by atoms with Crippen LogP contribution in [-0.2, 0) is 6.42 Å². The fraction of sp³-hybridized carbons (Fsp3) is 0.333. The molecule has 3 nitrogen and oxygen atoms in total. The zero-order valence-electron chi connectivity index (χ0n) is 13.0. The third kappa shape index (κ3) is 3.56. The molecule has 112 valence electrons. The van der Waals surface area contributed by atoms with Crippen molar-refractivity contribution in [3.63, 3.8) is 0 Å². The number of methoxy groups -OCH3 is 2. The van der Waals surface area contributed by atoms with Crippen LogP contribution in [0.25, 0.3) is 0 Å². The minimum absolute atomic E-state index is 0.546. The van der Waals surface area contributed by atoms with E-state index in [2.05, 4.69) is 6.07 Å². The maximum atomic E-state index is 10.6. The molecule has 1 atom stereocenters. The van der Waals surface area contributed by atoms with Gasteiger partial charge in [-0.15, -0.1) is 0 Å². The van der Waals surface area contributed by atoms with Crippen LogP contribution in [0.5, 0.6) is 11.5 Å². The number of aliphatic hydroxyl groups is 1. The van der Waals surface area contributed by atoms with Crippen LogP contribution in [-0.4, -0.2) is 19.3 Å². The van der Waals surface area contributed by atoms with Crippen molar-refractivity contribution in [3.05, 3.63) is 58.7 Å². The Morgan fingerprint density at radius 1 is 1.00 bits per heavy atom. The molecular formula is C18H22O3. The Kier molecular flexibility index (Phi) is 4.86. The molecule has 0 aliphatic heterocycles. The van der Waals surface area contributed by atoms with Gasteiger partial charge in [0.05, 0.1) is 20.3 Å². The number of rotatable bonds is 5. The molecule has 1 N–H and O–H groups in total. The third-order valence-corrected chi connectivity index (χ3v) is 3.63. The Hall–Kier alpha value is -2.00. The highest BCUT2D eigenvalue weighted by atomic mass is 16.5. The van der Waals surface area contributed by atoms with Crippen molar-refractivity contribution in [1.29, 1.82) is 0 Å². The second-order valence-electron chi connectivity index (χ2n) is 5.27. The maximum absolute atomic E-state index is 10.6. The summed E-state index contributed by atoms with van der Waals surface area (Å²) in [5.41, 5.74) is 4.10. The van der Waals surface area contributed by atoms with E-state index >= 15 is 0 Å². The van der Waals surface area contributed by atoms with Gasteiger partial charge in [0.1, 0.15) is 11.5 Å². The van der Waals surface area contributed by atoms with E-state index in [1.165, 1.54) is 0 Å². The van der Waals surface area contributed by atoms with Crippen molar-refractivity contribution in [1.82, 2.24) is 0 Å². The standard InChI is InChI=1S/C18H22O3/c1-12-9-13(2)18(17(10-12)21-4)16(19)11-14-5-7-15(20-3)8-6-14/h5-10,16,19H,11H2,1-4H3. The van der Waals surface area contributed by atoms with E-state index in [0.717, 1.165) is 33.8 Å². The summed E-state index contributed by atoms with van der Waals surface area (Å²) in [4.78, 5) is 0. The second kappa shape index (κ2) is 6.64. The number of aliphatic hydroxyl groups excluding tert-OH is 1. The van der Waals surface area contributed by atoms with E-state index in [0.29, 0.717) is 6.42 Å². The van der Waals surface area contributed by atoms with Crippen LogP contribution < -0.4 is 9.47 Å². The van der Waals surface area contributed by atoms with E-state index in [1.54, 1.807) is 14.2 Å². The van der Waals surface area contributed by atoms with Crippen molar-refractivity contribution in [3.8, 4) is 11.5 Å². The number of aryl methyl sites for hydroxylation is 2. The highest BCUT2D eigenvalue weighted by Crippen LogP contribution is 2.32. The van der Waals surface area contributed by atoms with Gasteiger partial charge in [0.25, 0.3) is 0 Å². The van der Waals surface area contributed by atoms with Crippen molar-refractivity contribution in [2.24, 2.45) is 0 Å². The molecule has 3 heteroatoms. The second-order valence-corrected chi connectivity index (χ2v) is 5.27. The Morgan fingerprint density at radius 2 is 1.67 bits per heavy atom. The number of benzene rings is 2. The van der Waals surface area contributed by atoms with Crippen molar-refractivity contribution >= 4 is 0 Å². The Balaban J connectivity index is 2.25. The van der Waals surface area contributed by atoms with E-state index in [-0.39, 0.29) is 0 Å². The molecule has 0 saturated carbocycles. The fourth-order valence-electron chi connectivity index (χ4n) is 2.62. The van der Waals surface area contributed by atoms with Gasteiger partial charge in [-0.3, -0.25) is 0 Å². The van der Waals surface area contributed by atoms with Crippen LogP contribution >= 0.6 is 0 Å². The molecule has 0 heterocycles. The van der Waals surface area contributed by atoms with E-state index in [4.69, 9.17) is 9.47 Å². The molecule has 0 radical (unpaired) electrons. The molecule has 21 heavy (non-hydrogen) atoms. The van der Waals surface area contributed by atoms with Crippen LogP contribution in [0.1, 0.15) is 28.4 Å². The summed E-state index contributed by atoms with van der Waals surface area (Å²) < 4.78 is 10.6. The summed E-state index contributed by atoms with van der Waals surface area (Å²) in [6.07, 6.45) is -0.0431. The maximum Gasteiger partial charge on any atom is 0.125 e. The first kappa shape index (κ1) is 15.4. The predicted molar refractivity (Wildman–Crippen MR) is 84.1 cm³/mol. The lowest BCUT2D eigenvalue weighted by atomic mass is 9.95. The number of ether oxygens (including phenoxy) is 2. The molecule has 1 unspecified atom stereocenters. The molecule has 0 bridgehead atoms. The summed E-state index contributed by atoms with van der Waals surface area (Å²) >= 11 is 0. The molecule has 2 aromatic carbocycles. The van der Waals surface area contributed by atoms with Crippen LogP contribution in [0.2, 0.25) is 0 Å². The molecule has 2 aromatic rings. The summed E-state index contributed by atoms with van der Waals surface area (Å²) in [6.45, 7) is 4.03. The highest BCUT2D eigenvalue weighted by molar-refractivity contribution is 5.45. The smallest absolute Gasteiger partial charge is 0.125 e. The summed E-state index contributed by atoms with van der Waals surface area (Å²) in [6, 6.07) is 11.8. The minimum Gasteiger partial charge on any atom is -0.497 e. The van der Waals surface area contributed by atoms with Gasteiger partial charge in [-0.2, -0.15) is 0 Å². The molecular weight excluding hydrogens is 264 g/mol. The third-order valence-electron chi connectivity index (χ3n) is 3.63. The van der Waals surface area contributed by atoms with Crippen molar-refractivity contribution in [2.45, 2.75) is 26.4 Å². The first-order valence-corrected chi connectivity index (χ1v) is 7.01. The van der Waals surface area contributed by atoms with Crippen LogP contribution in [0, 0.1) is 13.8 Å². The first-order chi connectivity index (χ1) is 10.0. The van der Waals surface area contributed by atoms with Crippen molar-refractivity contribution < 1.29 is 14.6 Å². The summed E-state index contributed by atoms with van der Waals surface area (Å²) in [5, 5.41) is 10.6. The molecule has 0 saturated heterocycles. The molecule has 2 rings (SSSR count). The predicted octanol–water partition coefficient (Wildman–Crippen LogP) is 3.60. The average molecular weight is 286 g/mol. The van der Waals surface area contributed by atoms with Crippen LogP contribution in [0.3, 0.4) is 0 Å². The van der Waals surface area contributed by atoms with Gasteiger partial charge >= 0.3 is 0 Å². The average Bonchev–Trinajstić information content (AvgIpc) is 2.46. The topological polar surface area (TPSA) is 38.7 Å². The Morgan fingerprint density at radius 3 is 2.24 bits per heavy atom. The zero-order valence-corrected chi connectivity index (χ0v) is 13.0. The Labute approximate surface area is 126 Å².